The number of carbonyl (C=O) groups is 2. The van der Waals surface area contributed by atoms with Crippen molar-refractivity contribution >= 4 is 23.6 Å². The molecule has 0 saturated heterocycles. The highest BCUT2D eigenvalue weighted by molar-refractivity contribution is 8.00. The van der Waals surface area contributed by atoms with Gasteiger partial charge in [-0.25, -0.2) is 0 Å². The van der Waals surface area contributed by atoms with E-state index in [-0.39, 0.29) is 12.3 Å². The smallest absolute Gasteiger partial charge is 0.397 e. The minimum absolute atomic E-state index is 0.0132. The van der Waals surface area contributed by atoms with Crippen molar-refractivity contribution in [1.29, 1.82) is 0 Å². The van der Waals surface area contributed by atoms with E-state index in [1.54, 1.807) is 0 Å². The summed E-state index contributed by atoms with van der Waals surface area (Å²) in [6.07, 6.45) is -4.29. The van der Waals surface area contributed by atoms with Crippen LogP contribution in [0.2, 0.25) is 0 Å². The van der Waals surface area contributed by atoms with Gasteiger partial charge in [-0.3, -0.25) is 9.59 Å². The molecular weight excluding hydrogens is 259 g/mol. The standard InChI is InChI=1S/C9H14F3NO3S/c1-6(8(15)16)3-13(2)7(14)4-17-5-9(10,11)12/h6H,3-5H2,1-2H3,(H,15,16). The minimum atomic E-state index is -4.29. The molecule has 0 spiro atoms. The van der Waals surface area contributed by atoms with Crippen molar-refractivity contribution < 1.29 is 27.9 Å². The molecule has 8 heteroatoms. The quantitative estimate of drug-likeness (QED) is 0.796. The first-order chi connectivity index (χ1) is 7.63. The first-order valence-corrected chi connectivity index (χ1v) is 5.90. The summed E-state index contributed by atoms with van der Waals surface area (Å²) in [6.45, 7) is 1.41. The third kappa shape index (κ3) is 7.89. The fraction of sp³-hybridized carbons (Fsp3) is 0.778. The lowest BCUT2D eigenvalue weighted by molar-refractivity contribution is -0.142. The molecule has 0 fully saturated rings. The number of alkyl halides is 3. The Morgan fingerprint density at radius 1 is 1.41 bits per heavy atom. The highest BCUT2D eigenvalue weighted by atomic mass is 32.2. The lowest BCUT2D eigenvalue weighted by Gasteiger charge is -2.19. The van der Waals surface area contributed by atoms with Gasteiger partial charge in [-0.05, 0) is 0 Å². The number of rotatable bonds is 6. The molecule has 1 unspecified atom stereocenters. The van der Waals surface area contributed by atoms with Crippen molar-refractivity contribution in [1.82, 2.24) is 4.90 Å². The van der Waals surface area contributed by atoms with Crippen LogP contribution < -0.4 is 0 Å². The van der Waals surface area contributed by atoms with Gasteiger partial charge in [0.2, 0.25) is 5.91 Å². The number of carbonyl (C=O) groups excluding carboxylic acids is 1. The zero-order chi connectivity index (χ0) is 13.6. The van der Waals surface area contributed by atoms with Crippen molar-refractivity contribution in [3.8, 4) is 0 Å². The molecule has 4 nitrogen and oxygen atoms in total. The lowest BCUT2D eigenvalue weighted by Crippen LogP contribution is -2.35. The molecule has 100 valence electrons. The molecule has 0 aromatic carbocycles. The molecule has 0 aliphatic carbocycles. The number of nitrogens with zero attached hydrogens (tertiary/aromatic N) is 1. The Bertz CT molecular complexity index is 283. The number of carboxylic acids is 1. The number of halogens is 3. The van der Waals surface area contributed by atoms with E-state index in [0.717, 1.165) is 4.90 Å². The molecule has 0 aromatic heterocycles. The van der Waals surface area contributed by atoms with Crippen molar-refractivity contribution in [3.05, 3.63) is 0 Å². The van der Waals surface area contributed by atoms with Crippen LogP contribution in [0.1, 0.15) is 6.92 Å². The number of carboxylic acid groups (broad SMARTS) is 1. The van der Waals surface area contributed by atoms with E-state index in [2.05, 4.69) is 0 Å². The molecule has 0 radical (unpaired) electrons. The number of hydrogen-bond acceptors (Lipinski definition) is 3. The SMILES string of the molecule is CC(CN(C)C(=O)CSCC(F)(F)F)C(=O)O. The van der Waals surface area contributed by atoms with Crippen molar-refractivity contribution in [2.45, 2.75) is 13.1 Å². The van der Waals surface area contributed by atoms with Gasteiger partial charge in [-0.15, -0.1) is 11.8 Å². The number of thioether (sulfide) groups is 1. The molecule has 1 atom stereocenters. The average molecular weight is 273 g/mol. The van der Waals surface area contributed by atoms with Crippen LogP contribution in [0.5, 0.6) is 0 Å². The molecule has 1 amide bonds. The van der Waals surface area contributed by atoms with Crippen LogP contribution in [0.15, 0.2) is 0 Å². The van der Waals surface area contributed by atoms with Gasteiger partial charge in [-0.2, -0.15) is 13.2 Å². The molecule has 0 aliphatic rings. The second-order valence-corrected chi connectivity index (χ2v) is 4.61. The Hall–Kier alpha value is -0.920. The van der Waals surface area contributed by atoms with Gasteiger partial charge in [0.15, 0.2) is 0 Å². The van der Waals surface area contributed by atoms with E-state index >= 15 is 0 Å². The predicted octanol–water partition coefficient (Wildman–Crippen LogP) is 1.46. The molecular formula is C9H14F3NO3S. The summed E-state index contributed by atoms with van der Waals surface area (Å²) in [5.74, 6) is -3.68. The van der Waals surface area contributed by atoms with Crippen molar-refractivity contribution in [3.63, 3.8) is 0 Å². The van der Waals surface area contributed by atoms with Gasteiger partial charge in [0.05, 0.1) is 17.4 Å². The Morgan fingerprint density at radius 3 is 2.35 bits per heavy atom. The zero-order valence-corrected chi connectivity index (χ0v) is 10.3. The largest absolute Gasteiger partial charge is 0.481 e. The van der Waals surface area contributed by atoms with Gasteiger partial charge in [0.25, 0.3) is 0 Å². The number of aliphatic carboxylic acids is 1. The van der Waals surface area contributed by atoms with Crippen LogP contribution in [-0.2, 0) is 9.59 Å². The molecule has 0 aliphatic heterocycles. The average Bonchev–Trinajstić information content (AvgIpc) is 2.15. The summed E-state index contributed by atoms with van der Waals surface area (Å²) in [5.41, 5.74) is 0. The highest BCUT2D eigenvalue weighted by Crippen LogP contribution is 2.21. The normalized spacial score (nSPS) is 13.2. The van der Waals surface area contributed by atoms with E-state index in [1.165, 1.54) is 14.0 Å². The van der Waals surface area contributed by atoms with Gasteiger partial charge < -0.3 is 10.0 Å². The Morgan fingerprint density at radius 2 is 1.94 bits per heavy atom. The van der Waals surface area contributed by atoms with Crippen LogP contribution in [0.3, 0.4) is 0 Å². The maximum Gasteiger partial charge on any atom is 0.397 e. The molecule has 17 heavy (non-hydrogen) atoms. The number of amides is 1. The van der Waals surface area contributed by atoms with Gasteiger partial charge in [0, 0.05) is 13.6 Å². The van der Waals surface area contributed by atoms with Crippen LogP contribution in [0.4, 0.5) is 13.2 Å². The second-order valence-electron chi connectivity index (χ2n) is 3.62. The summed E-state index contributed by atoms with van der Waals surface area (Å²) in [6, 6.07) is 0. The summed E-state index contributed by atoms with van der Waals surface area (Å²) in [5, 5.41) is 8.60. The molecule has 1 N–H and O–H groups in total. The zero-order valence-electron chi connectivity index (χ0n) is 9.45. The summed E-state index contributed by atoms with van der Waals surface area (Å²) >= 11 is 0.468. The van der Waals surface area contributed by atoms with E-state index in [9.17, 15) is 22.8 Å². The third-order valence-electron chi connectivity index (χ3n) is 1.89. The summed E-state index contributed by atoms with van der Waals surface area (Å²) in [4.78, 5) is 23.0. The van der Waals surface area contributed by atoms with Crippen LogP contribution in [0.25, 0.3) is 0 Å². The van der Waals surface area contributed by atoms with E-state index in [0.29, 0.717) is 11.8 Å². The number of hydrogen-bond donors (Lipinski definition) is 1. The molecule has 0 rings (SSSR count). The Labute approximate surface area is 101 Å². The Kier molecular flexibility index (Phi) is 6.36. The molecule has 0 bridgehead atoms. The summed E-state index contributed by atoms with van der Waals surface area (Å²) in [7, 11) is 1.37. The van der Waals surface area contributed by atoms with Gasteiger partial charge >= 0.3 is 12.1 Å². The van der Waals surface area contributed by atoms with Gasteiger partial charge in [0.1, 0.15) is 0 Å². The molecule has 0 saturated carbocycles. The van der Waals surface area contributed by atoms with Crippen molar-refractivity contribution in [2.75, 3.05) is 25.1 Å². The van der Waals surface area contributed by atoms with E-state index in [1.807, 2.05) is 0 Å². The van der Waals surface area contributed by atoms with Crippen molar-refractivity contribution in [2.24, 2.45) is 5.92 Å². The third-order valence-corrected chi connectivity index (χ3v) is 2.87. The molecule has 0 heterocycles. The highest BCUT2D eigenvalue weighted by Gasteiger charge is 2.27. The topological polar surface area (TPSA) is 57.6 Å². The second kappa shape index (κ2) is 6.73. The Balaban J connectivity index is 3.94. The maximum absolute atomic E-state index is 11.8. The van der Waals surface area contributed by atoms with Crippen LogP contribution in [0, 0.1) is 5.92 Å². The summed E-state index contributed by atoms with van der Waals surface area (Å²) < 4.78 is 35.4. The predicted molar refractivity (Wildman–Crippen MR) is 57.8 cm³/mol. The fourth-order valence-corrected chi connectivity index (χ4v) is 1.68. The van der Waals surface area contributed by atoms with Crippen LogP contribution in [-0.4, -0.2) is 53.2 Å². The first-order valence-electron chi connectivity index (χ1n) is 4.74. The maximum atomic E-state index is 11.8. The van der Waals surface area contributed by atoms with Gasteiger partial charge in [-0.1, -0.05) is 6.92 Å². The van der Waals surface area contributed by atoms with Crippen LogP contribution >= 0.6 is 11.8 Å². The monoisotopic (exact) mass is 273 g/mol. The minimum Gasteiger partial charge on any atom is -0.481 e. The van der Waals surface area contributed by atoms with E-state index in [4.69, 9.17) is 5.11 Å². The first kappa shape index (κ1) is 16.1. The molecule has 0 aromatic rings. The lowest BCUT2D eigenvalue weighted by atomic mass is 10.2. The fourth-order valence-electron chi connectivity index (χ4n) is 0.955. The van der Waals surface area contributed by atoms with E-state index < -0.39 is 29.7 Å².